The van der Waals surface area contributed by atoms with Crippen LogP contribution in [0.25, 0.3) is 0 Å². The molecule has 0 fully saturated rings. The zero-order valence-corrected chi connectivity index (χ0v) is 25.1. The number of aryl methyl sites for hydroxylation is 2. The molecule has 3 rings (SSSR count). The van der Waals surface area contributed by atoms with Gasteiger partial charge in [0.2, 0.25) is 0 Å². The van der Waals surface area contributed by atoms with Crippen molar-refractivity contribution >= 4 is 11.8 Å². The maximum Gasteiger partial charge on any atom is 0.253 e. The molecule has 0 bridgehead atoms. The quantitative estimate of drug-likeness (QED) is 0.242. The van der Waals surface area contributed by atoms with Crippen molar-refractivity contribution in [2.75, 3.05) is 26.7 Å². The number of nitrogens with zero attached hydrogens (tertiary/aromatic N) is 1. The summed E-state index contributed by atoms with van der Waals surface area (Å²) in [4.78, 5) is 28.7. The van der Waals surface area contributed by atoms with Gasteiger partial charge in [0.15, 0.2) is 0 Å². The molecule has 7 nitrogen and oxygen atoms in total. The second kappa shape index (κ2) is 15.9. The summed E-state index contributed by atoms with van der Waals surface area (Å²) >= 11 is 0. The lowest BCUT2D eigenvalue weighted by atomic mass is 9.98. The summed E-state index contributed by atoms with van der Waals surface area (Å²) in [6.45, 7) is 10.2. The van der Waals surface area contributed by atoms with Gasteiger partial charge in [0.1, 0.15) is 5.75 Å². The Kier molecular flexibility index (Phi) is 12.4. The third kappa shape index (κ3) is 9.73. The van der Waals surface area contributed by atoms with E-state index in [1.54, 1.807) is 19.2 Å². The average molecular weight is 560 g/mol. The fraction of sp³-hybridized carbons (Fsp3) is 0.412. The number of aliphatic hydroxyl groups is 1. The zero-order valence-electron chi connectivity index (χ0n) is 25.1. The van der Waals surface area contributed by atoms with Crippen LogP contribution in [0, 0.1) is 13.8 Å². The van der Waals surface area contributed by atoms with Crippen LogP contribution in [0.3, 0.4) is 0 Å². The van der Waals surface area contributed by atoms with E-state index in [0.717, 1.165) is 40.8 Å². The Balaban J connectivity index is 1.77. The fourth-order valence-electron chi connectivity index (χ4n) is 4.99. The van der Waals surface area contributed by atoms with E-state index in [1.807, 2.05) is 67.3 Å². The number of rotatable bonds is 15. The fourth-order valence-corrected chi connectivity index (χ4v) is 4.99. The lowest BCUT2D eigenvalue weighted by Gasteiger charge is -2.25. The minimum atomic E-state index is -0.847. The van der Waals surface area contributed by atoms with Gasteiger partial charge in [-0.2, -0.15) is 0 Å². The van der Waals surface area contributed by atoms with Crippen molar-refractivity contribution in [1.82, 2.24) is 15.5 Å². The van der Waals surface area contributed by atoms with Crippen molar-refractivity contribution in [2.24, 2.45) is 0 Å². The largest absolute Gasteiger partial charge is 0.497 e. The molecular formula is C34H45N3O4. The summed E-state index contributed by atoms with van der Waals surface area (Å²) in [7, 11) is 1.63. The van der Waals surface area contributed by atoms with E-state index in [9.17, 15) is 14.7 Å². The minimum Gasteiger partial charge on any atom is -0.497 e. The van der Waals surface area contributed by atoms with Crippen molar-refractivity contribution in [1.29, 1.82) is 0 Å². The number of nitrogens with one attached hydrogen (secondary N) is 2. The number of benzene rings is 3. The molecule has 0 saturated carbocycles. The van der Waals surface area contributed by atoms with E-state index in [-0.39, 0.29) is 18.4 Å². The molecule has 0 unspecified atom stereocenters. The van der Waals surface area contributed by atoms with Gasteiger partial charge in [0.05, 0.1) is 19.3 Å². The highest BCUT2D eigenvalue weighted by molar-refractivity contribution is 6.00. The molecule has 2 amide bonds. The van der Waals surface area contributed by atoms with Crippen molar-refractivity contribution in [3.05, 3.63) is 100 Å². The summed E-state index contributed by atoms with van der Waals surface area (Å²) in [5.74, 6) is 0.396. The van der Waals surface area contributed by atoms with Gasteiger partial charge in [-0.3, -0.25) is 9.59 Å². The van der Waals surface area contributed by atoms with Crippen molar-refractivity contribution in [2.45, 2.75) is 65.6 Å². The van der Waals surface area contributed by atoms with Crippen LogP contribution in [-0.4, -0.2) is 60.7 Å². The Labute approximate surface area is 244 Å². The van der Waals surface area contributed by atoms with Crippen LogP contribution in [0.1, 0.15) is 69.7 Å². The lowest BCUT2D eigenvalue weighted by molar-refractivity contribution is 0.0755. The first-order chi connectivity index (χ1) is 19.7. The van der Waals surface area contributed by atoms with Gasteiger partial charge >= 0.3 is 0 Å². The summed E-state index contributed by atoms with van der Waals surface area (Å²) in [6.07, 6.45) is 1.36. The average Bonchev–Trinajstić information content (AvgIpc) is 2.96. The first kappa shape index (κ1) is 31.8. The van der Waals surface area contributed by atoms with E-state index >= 15 is 0 Å². The second-order valence-electron chi connectivity index (χ2n) is 10.7. The second-order valence-corrected chi connectivity index (χ2v) is 10.7. The number of amides is 2. The standard InChI is InChI=1S/C34H45N3O4/c1-6-14-37(15-7-2)34(40)29-18-25(4)17-28(21-29)33(39)36-31(20-26-11-8-10-24(3)16-26)32(38)23-35-22-27-12-9-13-30(19-27)41-5/h8-13,16-19,21,31-32,35,38H,6-7,14-15,20,22-23H2,1-5H3,(H,36,39)/t31-,32+/m0/s1. The molecule has 0 saturated heterocycles. The number of hydrogen-bond donors (Lipinski definition) is 3. The Hall–Kier alpha value is -3.68. The van der Waals surface area contributed by atoms with Gasteiger partial charge in [-0.05, 0) is 80.1 Å². The van der Waals surface area contributed by atoms with Crippen LogP contribution in [0.4, 0.5) is 0 Å². The third-order valence-corrected chi connectivity index (χ3v) is 7.00. The molecule has 3 aromatic rings. The van der Waals surface area contributed by atoms with Crippen molar-refractivity contribution < 1.29 is 19.4 Å². The van der Waals surface area contributed by atoms with Crippen LogP contribution in [-0.2, 0) is 13.0 Å². The van der Waals surface area contributed by atoms with Gasteiger partial charge in [-0.1, -0.05) is 55.8 Å². The summed E-state index contributed by atoms with van der Waals surface area (Å²) < 4.78 is 5.30. The van der Waals surface area contributed by atoms with E-state index in [1.165, 1.54) is 0 Å². The van der Waals surface area contributed by atoms with E-state index in [0.29, 0.717) is 37.2 Å². The van der Waals surface area contributed by atoms with Crippen LogP contribution >= 0.6 is 0 Å². The maximum absolute atomic E-state index is 13.5. The smallest absolute Gasteiger partial charge is 0.253 e. The molecule has 41 heavy (non-hydrogen) atoms. The molecule has 3 N–H and O–H groups in total. The number of ether oxygens (including phenoxy) is 1. The molecule has 2 atom stereocenters. The Morgan fingerprint density at radius 2 is 1.56 bits per heavy atom. The molecule has 220 valence electrons. The number of carbonyl (C=O) groups excluding carboxylic acids is 2. The van der Waals surface area contributed by atoms with Gasteiger partial charge in [-0.25, -0.2) is 0 Å². The van der Waals surface area contributed by atoms with Gasteiger partial charge in [0.25, 0.3) is 11.8 Å². The molecule has 3 aromatic carbocycles. The SMILES string of the molecule is CCCN(CCC)C(=O)c1cc(C)cc(C(=O)N[C@@H](Cc2cccc(C)c2)[C@H](O)CNCc2cccc(OC)c2)c1. The first-order valence-corrected chi connectivity index (χ1v) is 14.5. The molecule has 0 aromatic heterocycles. The number of hydrogen-bond acceptors (Lipinski definition) is 5. The van der Waals surface area contributed by atoms with Gasteiger partial charge in [-0.15, -0.1) is 0 Å². The molecule has 0 aliphatic carbocycles. The van der Waals surface area contributed by atoms with Gasteiger partial charge < -0.3 is 25.4 Å². The Morgan fingerprint density at radius 1 is 0.878 bits per heavy atom. The lowest BCUT2D eigenvalue weighted by Crippen LogP contribution is -2.48. The van der Waals surface area contributed by atoms with Crippen LogP contribution < -0.4 is 15.4 Å². The van der Waals surface area contributed by atoms with Crippen molar-refractivity contribution in [3.8, 4) is 5.75 Å². The molecule has 7 heteroatoms. The Bertz CT molecular complexity index is 1290. The topological polar surface area (TPSA) is 90.9 Å². The number of methoxy groups -OCH3 is 1. The van der Waals surface area contributed by atoms with Crippen molar-refractivity contribution in [3.63, 3.8) is 0 Å². The monoisotopic (exact) mass is 559 g/mol. The first-order valence-electron chi connectivity index (χ1n) is 14.5. The minimum absolute atomic E-state index is 0.0652. The highest BCUT2D eigenvalue weighted by atomic mass is 16.5. The molecule has 0 aliphatic rings. The molecule has 0 spiro atoms. The predicted molar refractivity (Wildman–Crippen MR) is 165 cm³/mol. The van der Waals surface area contributed by atoms with Crippen LogP contribution in [0.15, 0.2) is 66.7 Å². The van der Waals surface area contributed by atoms with E-state index in [2.05, 4.69) is 30.5 Å². The highest BCUT2D eigenvalue weighted by Gasteiger charge is 2.24. The molecule has 0 heterocycles. The van der Waals surface area contributed by atoms with Crippen LogP contribution in [0.5, 0.6) is 5.75 Å². The summed E-state index contributed by atoms with van der Waals surface area (Å²) in [6, 6.07) is 20.6. The summed E-state index contributed by atoms with van der Waals surface area (Å²) in [5.41, 5.74) is 4.93. The number of carbonyl (C=O) groups is 2. The molecule has 0 radical (unpaired) electrons. The normalized spacial score (nSPS) is 12.4. The number of aliphatic hydroxyl groups excluding tert-OH is 1. The molecule has 0 aliphatic heterocycles. The van der Waals surface area contributed by atoms with Crippen LogP contribution in [0.2, 0.25) is 0 Å². The van der Waals surface area contributed by atoms with E-state index in [4.69, 9.17) is 4.74 Å². The van der Waals surface area contributed by atoms with Gasteiger partial charge in [0, 0.05) is 37.3 Å². The third-order valence-electron chi connectivity index (χ3n) is 7.00. The highest BCUT2D eigenvalue weighted by Crippen LogP contribution is 2.16. The molecular weight excluding hydrogens is 514 g/mol. The maximum atomic E-state index is 13.5. The Morgan fingerprint density at radius 3 is 2.24 bits per heavy atom. The van der Waals surface area contributed by atoms with E-state index < -0.39 is 12.1 Å². The summed E-state index contributed by atoms with van der Waals surface area (Å²) in [5, 5.41) is 17.6. The zero-order chi connectivity index (χ0) is 29.8. The predicted octanol–water partition coefficient (Wildman–Crippen LogP) is 5.07.